The Labute approximate surface area is 192 Å². The van der Waals surface area contributed by atoms with Crippen molar-refractivity contribution in [3.63, 3.8) is 0 Å². The normalized spacial score (nSPS) is 11.3. The number of anilines is 1. The van der Waals surface area contributed by atoms with Crippen LogP contribution in [0.5, 0.6) is 0 Å². The van der Waals surface area contributed by atoms with Gasteiger partial charge in [0.25, 0.3) is 17.2 Å². The van der Waals surface area contributed by atoms with Gasteiger partial charge in [-0.05, 0) is 26.0 Å². The maximum Gasteiger partial charge on any atom is 0.332 e. The first-order valence-electron chi connectivity index (χ1n) is 10.5. The molecule has 10 heteroatoms. The Hall–Kier alpha value is -4.60. The van der Waals surface area contributed by atoms with Gasteiger partial charge in [0.15, 0.2) is 0 Å². The molecule has 0 unspecified atom stereocenters. The molecule has 170 valence electrons. The lowest BCUT2D eigenvalue weighted by molar-refractivity contribution is 0.102. The van der Waals surface area contributed by atoms with Gasteiger partial charge in [0.2, 0.25) is 0 Å². The first-order chi connectivity index (χ1) is 16.2. The van der Waals surface area contributed by atoms with Crippen LogP contribution in [0.1, 0.15) is 21.6 Å². The second kappa shape index (κ2) is 7.77. The summed E-state index contributed by atoms with van der Waals surface area (Å²) in [5.41, 5.74) is 3.17. The standard InChI is InChI=1S/C24H20N6O4/c1-12-5-7-14(8-6-12)18-10-16(19-13(2)28-34-22(19)27-18)21(31)26-15-9-17-20(25-11-15)29(3)24(33)30(4)23(17)32/h5-11H,1-4H3,(H,26,31). The summed E-state index contributed by atoms with van der Waals surface area (Å²) in [6, 6.07) is 10.9. The Bertz CT molecular complexity index is 1730. The van der Waals surface area contributed by atoms with Crippen LogP contribution in [0.3, 0.4) is 0 Å². The lowest BCUT2D eigenvalue weighted by atomic mass is 10.0. The number of carbonyl (C=O) groups excluding carboxylic acids is 1. The van der Waals surface area contributed by atoms with Crippen molar-refractivity contribution in [2.75, 3.05) is 5.32 Å². The molecular formula is C24H20N6O4. The van der Waals surface area contributed by atoms with Crippen LogP contribution in [-0.2, 0) is 14.1 Å². The average Bonchev–Trinajstić information content (AvgIpc) is 3.21. The smallest absolute Gasteiger partial charge is 0.332 e. The van der Waals surface area contributed by atoms with E-state index in [0.717, 1.165) is 15.7 Å². The maximum absolute atomic E-state index is 13.4. The molecule has 5 aromatic rings. The summed E-state index contributed by atoms with van der Waals surface area (Å²) in [5, 5.41) is 7.47. The zero-order valence-corrected chi connectivity index (χ0v) is 18.9. The van der Waals surface area contributed by atoms with Crippen molar-refractivity contribution < 1.29 is 9.32 Å². The molecule has 0 aliphatic carbocycles. The van der Waals surface area contributed by atoms with Crippen LogP contribution in [-0.4, -0.2) is 30.2 Å². The molecule has 0 spiro atoms. The molecule has 4 heterocycles. The zero-order valence-electron chi connectivity index (χ0n) is 18.9. The molecule has 1 N–H and O–H groups in total. The highest BCUT2D eigenvalue weighted by Gasteiger charge is 2.20. The summed E-state index contributed by atoms with van der Waals surface area (Å²) >= 11 is 0. The molecule has 1 aromatic carbocycles. The van der Waals surface area contributed by atoms with E-state index in [0.29, 0.717) is 28.0 Å². The molecule has 0 atom stereocenters. The average molecular weight is 456 g/mol. The van der Waals surface area contributed by atoms with E-state index in [4.69, 9.17) is 4.52 Å². The van der Waals surface area contributed by atoms with E-state index in [2.05, 4.69) is 20.4 Å². The molecule has 34 heavy (non-hydrogen) atoms. The summed E-state index contributed by atoms with van der Waals surface area (Å²) < 4.78 is 7.63. The molecule has 1 amide bonds. The minimum Gasteiger partial charge on any atom is -0.335 e. The summed E-state index contributed by atoms with van der Waals surface area (Å²) in [4.78, 5) is 46.8. The molecule has 0 radical (unpaired) electrons. The molecule has 10 nitrogen and oxygen atoms in total. The van der Waals surface area contributed by atoms with Crippen molar-refractivity contribution in [3.05, 3.63) is 80.3 Å². The number of benzene rings is 1. The third kappa shape index (κ3) is 3.36. The van der Waals surface area contributed by atoms with Gasteiger partial charge in [0.05, 0.1) is 39.6 Å². The van der Waals surface area contributed by atoms with E-state index in [1.165, 1.54) is 30.9 Å². The fourth-order valence-electron chi connectivity index (χ4n) is 3.88. The lowest BCUT2D eigenvalue weighted by Gasteiger charge is -2.10. The predicted octanol–water partition coefficient (Wildman–Crippen LogP) is 2.70. The van der Waals surface area contributed by atoms with E-state index >= 15 is 0 Å². The highest BCUT2D eigenvalue weighted by molar-refractivity contribution is 6.13. The molecule has 0 saturated carbocycles. The lowest BCUT2D eigenvalue weighted by Crippen LogP contribution is -2.37. The van der Waals surface area contributed by atoms with Crippen molar-refractivity contribution in [2.24, 2.45) is 14.1 Å². The van der Waals surface area contributed by atoms with Crippen molar-refractivity contribution in [3.8, 4) is 11.3 Å². The van der Waals surface area contributed by atoms with Gasteiger partial charge >= 0.3 is 5.69 Å². The van der Waals surface area contributed by atoms with Gasteiger partial charge in [-0.25, -0.2) is 14.8 Å². The third-order valence-corrected chi connectivity index (χ3v) is 5.76. The highest BCUT2D eigenvalue weighted by atomic mass is 16.5. The number of amides is 1. The van der Waals surface area contributed by atoms with Crippen molar-refractivity contribution >= 4 is 33.7 Å². The topological polar surface area (TPSA) is 125 Å². The first-order valence-corrected chi connectivity index (χ1v) is 10.5. The number of pyridine rings is 2. The van der Waals surface area contributed by atoms with Crippen molar-refractivity contribution in [2.45, 2.75) is 13.8 Å². The van der Waals surface area contributed by atoms with E-state index in [-0.39, 0.29) is 16.7 Å². The highest BCUT2D eigenvalue weighted by Crippen LogP contribution is 2.28. The van der Waals surface area contributed by atoms with Gasteiger partial charge in [-0.2, -0.15) is 0 Å². The van der Waals surface area contributed by atoms with E-state index in [9.17, 15) is 14.4 Å². The fraction of sp³-hybridized carbons (Fsp3) is 0.167. The number of aryl methyl sites for hydroxylation is 3. The van der Waals surface area contributed by atoms with Gasteiger partial charge in [0, 0.05) is 19.7 Å². The molecule has 0 saturated heterocycles. The number of hydrogen-bond acceptors (Lipinski definition) is 7. The summed E-state index contributed by atoms with van der Waals surface area (Å²) in [6.45, 7) is 3.72. The first kappa shape index (κ1) is 21.3. The molecule has 0 fully saturated rings. The monoisotopic (exact) mass is 456 g/mol. The van der Waals surface area contributed by atoms with Gasteiger partial charge in [-0.1, -0.05) is 35.0 Å². The SMILES string of the molecule is Cc1ccc(-c2cc(C(=O)Nc3cnc4c(c3)c(=O)n(C)c(=O)n4C)c3c(C)noc3n2)cc1. The summed E-state index contributed by atoms with van der Waals surface area (Å²) in [6.07, 6.45) is 1.40. The molecule has 0 bridgehead atoms. The summed E-state index contributed by atoms with van der Waals surface area (Å²) in [7, 11) is 2.93. The van der Waals surface area contributed by atoms with Gasteiger partial charge < -0.3 is 9.84 Å². The van der Waals surface area contributed by atoms with Crippen LogP contribution in [0.15, 0.2) is 56.7 Å². The van der Waals surface area contributed by atoms with E-state index < -0.39 is 17.2 Å². The minimum atomic E-state index is -0.496. The third-order valence-electron chi connectivity index (χ3n) is 5.76. The fourth-order valence-corrected chi connectivity index (χ4v) is 3.88. The van der Waals surface area contributed by atoms with Crippen molar-refractivity contribution in [1.29, 1.82) is 0 Å². The van der Waals surface area contributed by atoms with E-state index in [1.807, 2.05) is 31.2 Å². The van der Waals surface area contributed by atoms with Gasteiger partial charge in [-0.3, -0.25) is 18.7 Å². The molecule has 5 rings (SSSR count). The van der Waals surface area contributed by atoms with Crippen LogP contribution < -0.4 is 16.6 Å². The van der Waals surface area contributed by atoms with E-state index in [1.54, 1.807) is 13.0 Å². The number of nitrogens with zero attached hydrogens (tertiary/aromatic N) is 5. The Morgan fingerprint density at radius 3 is 2.50 bits per heavy atom. The largest absolute Gasteiger partial charge is 0.335 e. The quantitative estimate of drug-likeness (QED) is 0.442. The molecule has 0 aliphatic heterocycles. The number of nitrogens with one attached hydrogen (secondary N) is 1. The molecule has 4 aromatic heterocycles. The Morgan fingerprint density at radius 2 is 1.76 bits per heavy atom. The van der Waals surface area contributed by atoms with Crippen LogP contribution >= 0.6 is 0 Å². The number of carbonyl (C=O) groups is 1. The molecule has 0 aliphatic rings. The van der Waals surface area contributed by atoms with Crippen LogP contribution in [0.2, 0.25) is 0 Å². The van der Waals surface area contributed by atoms with Crippen LogP contribution in [0.25, 0.3) is 33.4 Å². The van der Waals surface area contributed by atoms with Gasteiger partial charge in [0.1, 0.15) is 5.65 Å². The Balaban J connectivity index is 1.60. The number of aromatic nitrogens is 5. The maximum atomic E-state index is 13.4. The predicted molar refractivity (Wildman–Crippen MR) is 127 cm³/mol. The molecular weight excluding hydrogens is 436 g/mol. The summed E-state index contributed by atoms with van der Waals surface area (Å²) in [5.74, 6) is -0.435. The van der Waals surface area contributed by atoms with Crippen LogP contribution in [0, 0.1) is 13.8 Å². The zero-order chi connectivity index (χ0) is 24.1. The second-order valence-electron chi connectivity index (χ2n) is 8.12. The number of fused-ring (bicyclic) bond motifs is 2. The Morgan fingerprint density at radius 1 is 1.03 bits per heavy atom. The van der Waals surface area contributed by atoms with Crippen molar-refractivity contribution in [1.82, 2.24) is 24.3 Å². The second-order valence-corrected chi connectivity index (χ2v) is 8.12. The number of hydrogen-bond donors (Lipinski definition) is 1. The van der Waals surface area contributed by atoms with Gasteiger partial charge in [-0.15, -0.1) is 0 Å². The van der Waals surface area contributed by atoms with Crippen LogP contribution in [0.4, 0.5) is 5.69 Å². The Kier molecular flexibility index (Phi) is 4.85. The number of rotatable bonds is 3. The minimum absolute atomic E-state index is 0.212.